The molecule has 9 nitrogen and oxygen atoms in total. The van der Waals surface area contributed by atoms with Crippen molar-refractivity contribution < 1.29 is 27.1 Å². The van der Waals surface area contributed by atoms with Crippen LogP contribution in [-0.4, -0.2) is 48.6 Å². The van der Waals surface area contributed by atoms with E-state index < -0.39 is 18.3 Å². The largest absolute Gasteiger partial charge is 0.496 e. The van der Waals surface area contributed by atoms with Crippen molar-refractivity contribution in [2.75, 3.05) is 24.6 Å². The smallest absolute Gasteiger partial charge is 0.229 e. The van der Waals surface area contributed by atoms with Gasteiger partial charge in [-0.2, -0.15) is 0 Å². The first-order chi connectivity index (χ1) is 24.5. The fraction of sp³-hybridized carbons (Fsp3) is 0.390. The number of hydrogen-bond acceptors (Lipinski definition) is 7. The Morgan fingerprint density at radius 2 is 1.52 bits per heavy atom. The Morgan fingerprint density at radius 1 is 0.846 bits per heavy atom. The summed E-state index contributed by atoms with van der Waals surface area (Å²) in [6.45, 7) is 14.4. The van der Waals surface area contributed by atoms with Crippen LogP contribution in [0.3, 0.4) is 0 Å². The quantitative estimate of drug-likeness (QED) is 0.0892. The number of nitrogens with one attached hydrogen (secondary N) is 3. The lowest BCUT2D eigenvalue weighted by Crippen LogP contribution is -2.44. The van der Waals surface area contributed by atoms with Crippen molar-refractivity contribution in [3.05, 3.63) is 125 Å². The van der Waals surface area contributed by atoms with Gasteiger partial charge >= 0.3 is 0 Å². The third kappa shape index (κ3) is 12.5. The summed E-state index contributed by atoms with van der Waals surface area (Å²) in [6.07, 6.45) is 1.82. The van der Waals surface area contributed by atoms with E-state index in [2.05, 4.69) is 68.3 Å². The van der Waals surface area contributed by atoms with Crippen LogP contribution >= 0.6 is 0 Å². The number of anilines is 1. The van der Waals surface area contributed by atoms with Crippen LogP contribution in [0.25, 0.3) is 0 Å². The Labute approximate surface area is 311 Å². The predicted molar refractivity (Wildman–Crippen MR) is 213 cm³/mol. The molecule has 0 radical (unpaired) electrons. The van der Waals surface area contributed by atoms with Gasteiger partial charge in [-0.3, -0.25) is 9.52 Å². The molecule has 4 aromatic carbocycles. The second kappa shape index (κ2) is 18.0. The van der Waals surface area contributed by atoms with E-state index in [4.69, 9.17) is 13.9 Å². The molecule has 3 N–H and O–H groups in total. The van der Waals surface area contributed by atoms with Crippen molar-refractivity contribution in [3.63, 3.8) is 0 Å². The molecule has 0 saturated carbocycles. The van der Waals surface area contributed by atoms with Gasteiger partial charge in [0, 0.05) is 24.7 Å². The summed E-state index contributed by atoms with van der Waals surface area (Å²) in [4.78, 5) is 12.8. The maximum Gasteiger partial charge on any atom is 0.229 e. The lowest BCUT2D eigenvalue weighted by atomic mass is 10.0. The van der Waals surface area contributed by atoms with Crippen molar-refractivity contribution in [3.8, 4) is 11.5 Å². The van der Waals surface area contributed by atoms with Gasteiger partial charge in [-0.25, -0.2) is 8.42 Å². The van der Waals surface area contributed by atoms with E-state index in [0.717, 1.165) is 46.2 Å². The lowest BCUT2D eigenvalue weighted by molar-refractivity contribution is -0.120. The summed E-state index contributed by atoms with van der Waals surface area (Å²) in [5.41, 5.74) is 5.20. The average Bonchev–Trinajstić information content (AvgIpc) is 3.08. The van der Waals surface area contributed by atoms with Gasteiger partial charge in [0.1, 0.15) is 18.1 Å². The normalized spacial score (nSPS) is 13.2. The Bertz CT molecular complexity index is 1880. The highest BCUT2D eigenvalue weighted by Gasteiger charge is 2.39. The number of carbonyl (C=O) groups is 1. The van der Waals surface area contributed by atoms with Crippen LogP contribution in [0.1, 0.15) is 61.6 Å². The monoisotopic (exact) mass is 745 g/mol. The van der Waals surface area contributed by atoms with Crippen LogP contribution in [0.5, 0.6) is 11.5 Å². The Hall–Kier alpha value is -4.16. The zero-order valence-electron chi connectivity index (χ0n) is 31.8. The minimum absolute atomic E-state index is 0.0384. The molecule has 11 heteroatoms. The first-order valence-electron chi connectivity index (χ1n) is 17.7. The molecule has 4 rings (SSSR count). The molecule has 0 saturated heterocycles. The molecule has 0 unspecified atom stereocenters. The fourth-order valence-corrected chi connectivity index (χ4v) is 7.38. The molecule has 280 valence electrons. The number of benzene rings is 4. The summed E-state index contributed by atoms with van der Waals surface area (Å²) < 4.78 is 46.0. The molecule has 0 bridgehead atoms. The molecule has 2 atom stereocenters. The number of para-hydroxylation sites is 1. The molecule has 0 aliphatic heterocycles. The molecule has 0 fully saturated rings. The Morgan fingerprint density at radius 3 is 2.21 bits per heavy atom. The third-order valence-corrected chi connectivity index (χ3v) is 14.4. The van der Waals surface area contributed by atoms with Crippen molar-refractivity contribution in [2.24, 2.45) is 0 Å². The minimum atomic E-state index is -3.58. The number of methoxy groups -OCH3 is 1. The molecule has 0 spiro atoms. The van der Waals surface area contributed by atoms with E-state index >= 15 is 0 Å². The molecule has 0 aromatic heterocycles. The van der Waals surface area contributed by atoms with Gasteiger partial charge in [0.2, 0.25) is 15.9 Å². The number of ether oxygens (including phenoxy) is 2. The van der Waals surface area contributed by atoms with Gasteiger partial charge in [-0.1, -0.05) is 99.6 Å². The lowest BCUT2D eigenvalue weighted by Gasteiger charge is -2.40. The van der Waals surface area contributed by atoms with Crippen molar-refractivity contribution in [1.82, 2.24) is 10.6 Å². The molecular weight excluding hydrogens is 691 g/mol. The highest BCUT2D eigenvalue weighted by Crippen LogP contribution is 2.40. The zero-order chi connectivity index (χ0) is 37.9. The molecular formula is C41H55N3O6SSi. The van der Waals surface area contributed by atoms with Crippen LogP contribution in [0.2, 0.25) is 18.1 Å². The molecule has 0 aliphatic rings. The first kappa shape index (κ1) is 40.6. The van der Waals surface area contributed by atoms with E-state index in [0.29, 0.717) is 31.1 Å². The van der Waals surface area contributed by atoms with E-state index in [1.165, 1.54) is 0 Å². The van der Waals surface area contributed by atoms with Crippen LogP contribution in [0.4, 0.5) is 5.69 Å². The number of carbonyl (C=O) groups excluding carboxylic acids is 1. The van der Waals surface area contributed by atoms with Gasteiger partial charge in [-0.05, 0) is 71.9 Å². The summed E-state index contributed by atoms with van der Waals surface area (Å²) in [7, 11) is -4.20. The number of sulfonamides is 1. The van der Waals surface area contributed by atoms with E-state index in [1.54, 1.807) is 7.11 Å². The summed E-state index contributed by atoms with van der Waals surface area (Å²) in [5, 5.41) is 6.65. The summed E-state index contributed by atoms with van der Waals surface area (Å²) in [5.74, 6) is 1.14. The van der Waals surface area contributed by atoms with Crippen LogP contribution in [-0.2, 0) is 45.2 Å². The molecule has 0 aliphatic carbocycles. The van der Waals surface area contributed by atoms with Crippen molar-refractivity contribution >= 4 is 29.9 Å². The van der Waals surface area contributed by atoms with Gasteiger partial charge < -0.3 is 24.5 Å². The SMILES string of the molecule is COc1ccccc1CNC(=O)Cc1cccc(C[C@@H](C)NC[C@H](O[Si](C)(C)C(C)(C)C)c2ccc(OCc3ccccc3)c(NS(C)(=O)=O)c2)c1. The third-order valence-electron chi connectivity index (χ3n) is 9.37. The zero-order valence-corrected chi connectivity index (χ0v) is 33.6. The van der Waals surface area contributed by atoms with Crippen LogP contribution < -0.4 is 24.8 Å². The van der Waals surface area contributed by atoms with E-state index in [9.17, 15) is 13.2 Å². The van der Waals surface area contributed by atoms with Gasteiger partial charge in [0.05, 0.1) is 31.6 Å². The summed E-state index contributed by atoms with van der Waals surface area (Å²) >= 11 is 0. The van der Waals surface area contributed by atoms with Crippen LogP contribution in [0, 0.1) is 0 Å². The van der Waals surface area contributed by atoms with E-state index in [1.807, 2.05) is 84.9 Å². The van der Waals surface area contributed by atoms with Gasteiger partial charge in [-0.15, -0.1) is 0 Å². The second-order valence-corrected chi connectivity index (χ2v) is 21.4. The predicted octanol–water partition coefficient (Wildman–Crippen LogP) is 7.79. The number of rotatable bonds is 18. The summed E-state index contributed by atoms with van der Waals surface area (Å²) in [6, 6.07) is 31.2. The van der Waals surface area contributed by atoms with Crippen molar-refractivity contribution in [1.29, 1.82) is 0 Å². The highest BCUT2D eigenvalue weighted by molar-refractivity contribution is 7.92. The van der Waals surface area contributed by atoms with Gasteiger partial charge in [0.15, 0.2) is 8.32 Å². The standard InChI is InChI=1S/C41H55N3O6SSi/c1-30(23-32-17-14-18-33(24-32)25-40(45)43-27-35-19-12-13-20-37(35)48-5)42-28-39(50-52(7,8)41(2,3)4)34-21-22-38(36(26-34)44-51(6,46)47)49-29-31-15-10-9-11-16-31/h9-22,24,26,30,39,42,44H,23,25,27-29H2,1-8H3,(H,43,45)/t30-,39+/m1/s1. The minimum Gasteiger partial charge on any atom is -0.496 e. The fourth-order valence-electron chi connectivity index (χ4n) is 5.54. The maximum atomic E-state index is 12.8. The second-order valence-electron chi connectivity index (χ2n) is 14.9. The topological polar surface area (TPSA) is 115 Å². The number of hydrogen-bond donors (Lipinski definition) is 3. The Balaban J connectivity index is 1.46. The van der Waals surface area contributed by atoms with Crippen LogP contribution in [0.15, 0.2) is 97.1 Å². The molecule has 4 aromatic rings. The molecule has 52 heavy (non-hydrogen) atoms. The van der Waals surface area contributed by atoms with E-state index in [-0.39, 0.29) is 29.5 Å². The number of amides is 1. The average molecular weight is 746 g/mol. The molecule has 1 amide bonds. The first-order valence-corrected chi connectivity index (χ1v) is 22.5. The van der Waals surface area contributed by atoms with Gasteiger partial charge in [0.25, 0.3) is 0 Å². The highest BCUT2D eigenvalue weighted by atomic mass is 32.2. The van der Waals surface area contributed by atoms with Crippen molar-refractivity contribution in [2.45, 2.75) is 84.0 Å². The maximum absolute atomic E-state index is 12.8. The molecule has 0 heterocycles. The Kier molecular flexibility index (Phi) is 14.1.